The number of carboxylic acids is 1. The number of carboxylic acid groups (broad SMARTS) is 1. The third-order valence-corrected chi connectivity index (χ3v) is 3.91. The van der Waals surface area contributed by atoms with E-state index in [1.165, 1.54) is 12.3 Å². The summed E-state index contributed by atoms with van der Waals surface area (Å²) in [6, 6.07) is 6.22. The molecule has 134 valence electrons. The molecule has 1 aromatic heterocycles. The summed E-state index contributed by atoms with van der Waals surface area (Å²) in [5.41, 5.74) is -0.563. The smallest absolute Gasteiger partial charge is 0.309 e. The maximum atomic E-state index is 13.7. The molecule has 1 heterocycles. The summed E-state index contributed by atoms with van der Waals surface area (Å²) in [6.07, 6.45) is 2.21. The van der Waals surface area contributed by atoms with Crippen molar-refractivity contribution in [2.45, 2.75) is 33.1 Å². The zero-order chi connectivity index (χ0) is 18.4. The number of halogens is 1. The van der Waals surface area contributed by atoms with Gasteiger partial charge in [0.1, 0.15) is 5.82 Å². The number of oxazole rings is 1. The van der Waals surface area contributed by atoms with E-state index in [4.69, 9.17) is 9.52 Å². The number of amides is 1. The van der Waals surface area contributed by atoms with Gasteiger partial charge in [-0.25, -0.2) is 9.37 Å². The van der Waals surface area contributed by atoms with E-state index >= 15 is 0 Å². The van der Waals surface area contributed by atoms with E-state index in [1.54, 1.807) is 32.0 Å². The molecule has 2 rings (SSSR count). The minimum Gasteiger partial charge on any atom is -0.481 e. The molecule has 0 aliphatic carbocycles. The van der Waals surface area contributed by atoms with Gasteiger partial charge < -0.3 is 14.8 Å². The lowest BCUT2D eigenvalue weighted by molar-refractivity contribution is -0.147. The third kappa shape index (κ3) is 5.14. The lowest BCUT2D eigenvalue weighted by Crippen LogP contribution is -2.32. The number of benzene rings is 1. The highest BCUT2D eigenvalue weighted by Crippen LogP contribution is 2.23. The van der Waals surface area contributed by atoms with Crippen LogP contribution in [-0.2, 0) is 16.0 Å². The molecule has 0 radical (unpaired) electrons. The van der Waals surface area contributed by atoms with Gasteiger partial charge in [0.15, 0.2) is 11.7 Å². The summed E-state index contributed by atoms with van der Waals surface area (Å²) in [4.78, 5) is 26.9. The number of carbonyl (C=O) groups excluding carboxylic acids is 1. The van der Waals surface area contributed by atoms with E-state index in [0.717, 1.165) is 0 Å². The molecule has 7 heteroatoms. The minimum atomic E-state index is -0.901. The Bertz CT molecular complexity index is 755. The number of aromatic nitrogens is 1. The van der Waals surface area contributed by atoms with Crippen LogP contribution in [0.15, 0.2) is 34.9 Å². The topological polar surface area (TPSA) is 92.4 Å². The predicted octanol–water partition coefficient (Wildman–Crippen LogP) is 3.03. The summed E-state index contributed by atoms with van der Waals surface area (Å²) < 4.78 is 19.2. The van der Waals surface area contributed by atoms with Crippen LogP contribution in [0.25, 0.3) is 11.3 Å². The van der Waals surface area contributed by atoms with Crippen molar-refractivity contribution >= 4 is 11.9 Å². The molecule has 0 saturated heterocycles. The van der Waals surface area contributed by atoms with Crippen LogP contribution in [-0.4, -0.2) is 28.5 Å². The van der Waals surface area contributed by atoms with Gasteiger partial charge in [-0.1, -0.05) is 12.1 Å². The lowest BCUT2D eigenvalue weighted by Gasteiger charge is -2.18. The SMILES string of the molecule is CC(C)(CCNC(=O)CCc1ncc(-c2ccccc2F)o1)C(=O)O. The summed E-state index contributed by atoms with van der Waals surface area (Å²) >= 11 is 0. The van der Waals surface area contributed by atoms with Crippen molar-refractivity contribution in [2.24, 2.45) is 5.41 Å². The van der Waals surface area contributed by atoms with Crippen LogP contribution >= 0.6 is 0 Å². The second-order valence-corrected chi connectivity index (χ2v) is 6.39. The fourth-order valence-corrected chi connectivity index (χ4v) is 2.14. The average Bonchev–Trinajstić information content (AvgIpc) is 3.02. The monoisotopic (exact) mass is 348 g/mol. The normalized spacial score (nSPS) is 11.3. The zero-order valence-corrected chi connectivity index (χ0v) is 14.2. The van der Waals surface area contributed by atoms with Crippen molar-refractivity contribution in [1.82, 2.24) is 10.3 Å². The van der Waals surface area contributed by atoms with E-state index in [-0.39, 0.29) is 25.3 Å². The van der Waals surface area contributed by atoms with Gasteiger partial charge in [-0.3, -0.25) is 9.59 Å². The molecule has 2 N–H and O–H groups in total. The molecule has 0 unspecified atom stereocenters. The Labute approximate surface area is 145 Å². The molecule has 0 atom stereocenters. The molecule has 0 aliphatic heterocycles. The highest BCUT2D eigenvalue weighted by molar-refractivity contribution is 5.76. The van der Waals surface area contributed by atoms with Gasteiger partial charge in [0.25, 0.3) is 0 Å². The molecule has 0 aliphatic rings. The highest BCUT2D eigenvalue weighted by Gasteiger charge is 2.26. The van der Waals surface area contributed by atoms with Crippen LogP contribution in [0.4, 0.5) is 4.39 Å². The second-order valence-electron chi connectivity index (χ2n) is 6.39. The van der Waals surface area contributed by atoms with Crippen molar-refractivity contribution in [3.05, 3.63) is 42.2 Å². The fraction of sp³-hybridized carbons (Fsp3) is 0.389. The van der Waals surface area contributed by atoms with Gasteiger partial charge in [-0.05, 0) is 32.4 Å². The molecule has 0 fully saturated rings. The van der Waals surface area contributed by atoms with Crippen molar-refractivity contribution in [3.63, 3.8) is 0 Å². The number of nitrogens with one attached hydrogen (secondary N) is 1. The molecule has 1 amide bonds. The number of hydrogen-bond acceptors (Lipinski definition) is 4. The second kappa shape index (κ2) is 7.92. The summed E-state index contributed by atoms with van der Waals surface area (Å²) in [5, 5.41) is 11.7. The van der Waals surface area contributed by atoms with E-state index < -0.39 is 17.2 Å². The maximum absolute atomic E-state index is 13.7. The number of aliphatic carboxylic acids is 1. The molecule has 25 heavy (non-hydrogen) atoms. The molecular weight excluding hydrogens is 327 g/mol. The van der Waals surface area contributed by atoms with E-state index in [1.807, 2.05) is 0 Å². The van der Waals surface area contributed by atoms with Gasteiger partial charge in [0.05, 0.1) is 17.2 Å². The van der Waals surface area contributed by atoms with Gasteiger partial charge in [0, 0.05) is 19.4 Å². The van der Waals surface area contributed by atoms with Gasteiger partial charge in [-0.15, -0.1) is 0 Å². The summed E-state index contributed by atoms with van der Waals surface area (Å²) in [6.45, 7) is 3.50. The van der Waals surface area contributed by atoms with Crippen molar-refractivity contribution < 1.29 is 23.5 Å². The minimum absolute atomic E-state index is 0.157. The van der Waals surface area contributed by atoms with Gasteiger partial charge in [-0.2, -0.15) is 0 Å². The first-order chi connectivity index (χ1) is 11.8. The van der Waals surface area contributed by atoms with Gasteiger partial charge in [0.2, 0.25) is 5.91 Å². The molecule has 1 aromatic carbocycles. The van der Waals surface area contributed by atoms with E-state index in [0.29, 0.717) is 23.6 Å². The van der Waals surface area contributed by atoms with Crippen LogP contribution < -0.4 is 5.32 Å². The number of carbonyl (C=O) groups is 2. The first-order valence-corrected chi connectivity index (χ1v) is 7.99. The molecule has 2 aromatic rings. The van der Waals surface area contributed by atoms with Crippen LogP contribution in [0.5, 0.6) is 0 Å². The van der Waals surface area contributed by atoms with Crippen LogP contribution in [0.2, 0.25) is 0 Å². The Hall–Kier alpha value is -2.70. The fourth-order valence-electron chi connectivity index (χ4n) is 2.14. The summed E-state index contributed by atoms with van der Waals surface area (Å²) in [5.74, 6) is -0.853. The molecule has 0 bridgehead atoms. The number of hydrogen-bond donors (Lipinski definition) is 2. The quantitative estimate of drug-likeness (QED) is 0.765. The Morgan fingerprint density at radius 2 is 2.04 bits per heavy atom. The Balaban J connectivity index is 1.81. The number of nitrogens with zero attached hydrogens (tertiary/aromatic N) is 1. The molecular formula is C18H21FN2O4. The largest absolute Gasteiger partial charge is 0.481 e. The maximum Gasteiger partial charge on any atom is 0.309 e. The van der Waals surface area contributed by atoms with E-state index in [9.17, 15) is 14.0 Å². The van der Waals surface area contributed by atoms with Crippen molar-refractivity contribution in [1.29, 1.82) is 0 Å². The standard InChI is InChI=1S/C18H21FN2O4/c1-18(2,17(23)24)9-10-20-15(22)7-8-16-21-11-14(25-16)12-5-3-4-6-13(12)19/h3-6,11H,7-10H2,1-2H3,(H,20,22)(H,23,24). The first kappa shape index (κ1) is 18.6. The number of aryl methyl sites for hydroxylation is 1. The zero-order valence-electron chi connectivity index (χ0n) is 14.2. The highest BCUT2D eigenvalue weighted by atomic mass is 19.1. The average molecular weight is 348 g/mol. The van der Waals surface area contributed by atoms with Crippen LogP contribution in [0.3, 0.4) is 0 Å². The molecule has 0 spiro atoms. The third-order valence-electron chi connectivity index (χ3n) is 3.91. The van der Waals surface area contributed by atoms with Crippen molar-refractivity contribution in [3.8, 4) is 11.3 Å². The summed E-state index contributed by atoms with van der Waals surface area (Å²) in [7, 11) is 0. The van der Waals surface area contributed by atoms with Crippen molar-refractivity contribution in [2.75, 3.05) is 6.54 Å². The van der Waals surface area contributed by atoms with Crippen LogP contribution in [0, 0.1) is 11.2 Å². The lowest BCUT2D eigenvalue weighted by atomic mass is 9.90. The first-order valence-electron chi connectivity index (χ1n) is 7.99. The number of rotatable bonds is 8. The van der Waals surface area contributed by atoms with E-state index in [2.05, 4.69) is 10.3 Å². The Kier molecular flexibility index (Phi) is 5.90. The Morgan fingerprint density at radius 1 is 1.32 bits per heavy atom. The predicted molar refractivity (Wildman–Crippen MR) is 89.3 cm³/mol. The van der Waals surface area contributed by atoms with Crippen LogP contribution in [0.1, 0.15) is 32.6 Å². The Morgan fingerprint density at radius 3 is 2.72 bits per heavy atom. The molecule has 6 nitrogen and oxygen atoms in total. The molecule has 0 saturated carbocycles. The van der Waals surface area contributed by atoms with Gasteiger partial charge >= 0.3 is 5.97 Å².